The molecule has 1 aliphatic rings. The molecule has 0 radical (unpaired) electrons. The Hall–Kier alpha value is -1.28. The molecule has 4 nitrogen and oxygen atoms in total. The predicted octanol–water partition coefficient (Wildman–Crippen LogP) is 4.39. The third-order valence-corrected chi connectivity index (χ3v) is 6.26. The van der Waals surface area contributed by atoms with Gasteiger partial charge >= 0.3 is 0 Å². The zero-order chi connectivity index (χ0) is 17.1. The summed E-state index contributed by atoms with van der Waals surface area (Å²) in [6.45, 7) is 0. The number of nitrogens with zero attached hydrogens (tertiary/aromatic N) is 2. The number of halogens is 1. The van der Waals surface area contributed by atoms with Gasteiger partial charge in [0.15, 0.2) is 10.5 Å². The summed E-state index contributed by atoms with van der Waals surface area (Å²) in [5, 5.41) is 15.9. The topological polar surface area (TPSA) is 52.9 Å². The van der Waals surface area contributed by atoms with Gasteiger partial charge in [-0.3, -0.25) is 4.79 Å². The van der Waals surface area contributed by atoms with Crippen LogP contribution in [0.4, 0.5) is 0 Å². The van der Waals surface area contributed by atoms with Crippen molar-refractivity contribution in [2.45, 2.75) is 11.5 Å². The highest BCUT2D eigenvalue weighted by Crippen LogP contribution is 2.43. The molecule has 0 aromatic heterocycles. The second-order valence-corrected chi connectivity index (χ2v) is 8.13. The lowest BCUT2D eigenvalue weighted by Gasteiger charge is -2.23. The van der Waals surface area contributed by atoms with Crippen molar-refractivity contribution in [3.63, 3.8) is 0 Å². The summed E-state index contributed by atoms with van der Waals surface area (Å²) in [5.74, 6) is -0.425. The maximum atomic E-state index is 12.8. The van der Waals surface area contributed by atoms with Crippen LogP contribution in [0.25, 0.3) is 0 Å². The highest BCUT2D eigenvalue weighted by atomic mass is 79.9. The quantitative estimate of drug-likeness (QED) is 0.796. The van der Waals surface area contributed by atoms with E-state index < -0.39 is 12.0 Å². The van der Waals surface area contributed by atoms with E-state index in [4.69, 9.17) is 0 Å². The van der Waals surface area contributed by atoms with Crippen molar-refractivity contribution in [3.8, 4) is 0 Å². The van der Waals surface area contributed by atoms with Gasteiger partial charge in [0.2, 0.25) is 0 Å². The summed E-state index contributed by atoms with van der Waals surface area (Å²) in [4.78, 5) is 12.8. The molecular weight excluding hydrogens is 408 g/mol. The second kappa shape index (κ2) is 7.74. The number of aliphatic hydroxyl groups excluding tert-OH is 1. The van der Waals surface area contributed by atoms with Gasteiger partial charge in [-0.2, -0.15) is 5.10 Å². The van der Waals surface area contributed by atoms with Crippen LogP contribution in [0, 0.1) is 0 Å². The van der Waals surface area contributed by atoms with Crippen molar-refractivity contribution in [3.05, 3.63) is 70.2 Å². The van der Waals surface area contributed by atoms with Crippen molar-refractivity contribution >= 4 is 49.7 Å². The Kier molecular flexibility index (Phi) is 5.65. The van der Waals surface area contributed by atoms with Crippen LogP contribution >= 0.6 is 39.5 Å². The van der Waals surface area contributed by atoms with Crippen LogP contribution in [0.1, 0.15) is 22.6 Å². The molecule has 7 heteroatoms. The monoisotopic (exact) mass is 422 g/mol. The Morgan fingerprint density at radius 1 is 1.25 bits per heavy atom. The Balaban J connectivity index is 1.88. The molecule has 2 aromatic carbocycles. The molecule has 0 aliphatic carbocycles. The van der Waals surface area contributed by atoms with Gasteiger partial charge < -0.3 is 5.11 Å². The number of rotatable bonds is 3. The predicted molar refractivity (Wildman–Crippen MR) is 104 cm³/mol. The third-order valence-electron chi connectivity index (χ3n) is 3.53. The third kappa shape index (κ3) is 3.69. The summed E-state index contributed by atoms with van der Waals surface area (Å²) >= 11 is 6.42. The van der Waals surface area contributed by atoms with E-state index in [9.17, 15) is 9.90 Å². The molecule has 1 aliphatic heterocycles. The first-order chi connectivity index (χ1) is 11.6. The van der Waals surface area contributed by atoms with Crippen LogP contribution in [0.3, 0.4) is 0 Å². The molecule has 24 heavy (non-hydrogen) atoms. The van der Waals surface area contributed by atoms with E-state index in [0.29, 0.717) is 5.56 Å². The zero-order valence-corrected chi connectivity index (χ0v) is 16.0. The summed E-state index contributed by atoms with van der Waals surface area (Å²) in [6, 6.07) is 16.7. The largest absolute Gasteiger partial charge is 0.378 e. The smallest absolute Gasteiger partial charge is 0.277 e. The molecular formula is C17H15BrN2O2S2. The van der Waals surface area contributed by atoms with Gasteiger partial charge in [-0.25, -0.2) is 5.01 Å². The molecule has 1 amide bonds. The van der Waals surface area contributed by atoms with Gasteiger partial charge in [-0.1, -0.05) is 70.2 Å². The minimum absolute atomic E-state index is 0.272. The number of amides is 1. The number of hydrogen-bond donors (Lipinski definition) is 1. The van der Waals surface area contributed by atoms with E-state index in [2.05, 4.69) is 21.0 Å². The van der Waals surface area contributed by atoms with Gasteiger partial charge in [-0.05, 0) is 29.5 Å². The lowest BCUT2D eigenvalue weighted by atomic mass is 10.1. The standard InChI is InChI=1S/C17H15BrN2O2S2/c1-23-17-19-20(15(22)14(21)11-5-3-2-4-6-11)16(24-17)12-7-9-13(18)10-8-12/h2-10,14,16,21H,1H3/t14-,16-/m0/s1. The molecule has 2 aromatic rings. The van der Waals surface area contributed by atoms with Crippen LogP contribution in [-0.4, -0.2) is 26.7 Å². The summed E-state index contributed by atoms with van der Waals surface area (Å²) in [7, 11) is 0. The fourth-order valence-corrected chi connectivity index (χ4v) is 4.27. The van der Waals surface area contributed by atoms with E-state index in [1.807, 2.05) is 36.6 Å². The van der Waals surface area contributed by atoms with Gasteiger partial charge in [0.05, 0.1) is 0 Å². The zero-order valence-electron chi connectivity index (χ0n) is 12.8. The molecule has 124 valence electrons. The Bertz CT molecular complexity index is 753. The minimum Gasteiger partial charge on any atom is -0.378 e. The van der Waals surface area contributed by atoms with Crippen LogP contribution in [0.2, 0.25) is 0 Å². The molecule has 0 bridgehead atoms. The van der Waals surface area contributed by atoms with Gasteiger partial charge in [0.25, 0.3) is 5.91 Å². The SMILES string of the molecule is CSC1=NN(C(=O)[C@@H](O)c2ccccc2)[C@H](c2ccc(Br)cc2)S1. The number of carbonyl (C=O) groups excluding carboxylic acids is 1. The number of hydrogen-bond acceptors (Lipinski definition) is 5. The Morgan fingerprint density at radius 3 is 2.54 bits per heavy atom. The summed E-state index contributed by atoms with van der Waals surface area (Å²) < 4.78 is 1.78. The highest BCUT2D eigenvalue weighted by molar-refractivity contribution is 9.10. The van der Waals surface area contributed by atoms with Gasteiger partial charge in [0.1, 0.15) is 5.37 Å². The van der Waals surface area contributed by atoms with Crippen LogP contribution in [0.15, 0.2) is 64.2 Å². The van der Waals surface area contributed by atoms with Crippen LogP contribution in [0.5, 0.6) is 0 Å². The normalized spacial score (nSPS) is 18.4. The van der Waals surface area contributed by atoms with Crippen molar-refractivity contribution in [2.75, 3.05) is 6.26 Å². The fraction of sp³-hybridized carbons (Fsp3) is 0.176. The maximum Gasteiger partial charge on any atom is 0.277 e. The number of aliphatic hydroxyl groups is 1. The van der Waals surface area contributed by atoms with E-state index in [-0.39, 0.29) is 5.37 Å². The number of benzene rings is 2. The van der Waals surface area contributed by atoms with Crippen molar-refractivity contribution in [2.24, 2.45) is 5.10 Å². The molecule has 0 saturated carbocycles. The molecule has 0 unspecified atom stereocenters. The maximum absolute atomic E-state index is 12.8. The molecule has 0 saturated heterocycles. The number of hydrazone groups is 1. The van der Waals surface area contributed by atoms with E-state index in [0.717, 1.165) is 14.4 Å². The van der Waals surface area contributed by atoms with Crippen molar-refractivity contribution in [1.29, 1.82) is 0 Å². The van der Waals surface area contributed by atoms with Gasteiger partial charge in [-0.15, -0.1) is 11.8 Å². The molecule has 0 spiro atoms. The second-order valence-electron chi connectivity index (χ2n) is 5.09. The molecule has 1 N–H and O–H groups in total. The first-order valence-electron chi connectivity index (χ1n) is 7.21. The minimum atomic E-state index is -1.23. The molecule has 3 rings (SSSR count). The highest BCUT2D eigenvalue weighted by Gasteiger charge is 2.36. The number of carbonyl (C=O) groups is 1. The average molecular weight is 423 g/mol. The fourth-order valence-electron chi connectivity index (χ4n) is 2.30. The van der Waals surface area contributed by atoms with Crippen LogP contribution in [-0.2, 0) is 4.79 Å². The van der Waals surface area contributed by atoms with Crippen LogP contribution < -0.4 is 0 Å². The van der Waals surface area contributed by atoms with E-state index in [1.165, 1.54) is 28.5 Å². The lowest BCUT2D eigenvalue weighted by Crippen LogP contribution is -2.31. The average Bonchev–Trinajstić information content (AvgIpc) is 3.06. The Morgan fingerprint density at radius 2 is 1.92 bits per heavy atom. The first kappa shape index (κ1) is 17.5. The van der Waals surface area contributed by atoms with E-state index in [1.54, 1.807) is 24.3 Å². The lowest BCUT2D eigenvalue weighted by molar-refractivity contribution is -0.141. The van der Waals surface area contributed by atoms with Gasteiger partial charge in [0, 0.05) is 4.47 Å². The molecule has 2 atom stereocenters. The molecule has 1 heterocycles. The first-order valence-corrected chi connectivity index (χ1v) is 10.1. The Labute approximate surface area is 157 Å². The summed E-state index contributed by atoms with van der Waals surface area (Å²) in [5.41, 5.74) is 1.53. The van der Waals surface area contributed by atoms with E-state index >= 15 is 0 Å². The summed E-state index contributed by atoms with van der Waals surface area (Å²) in [6.07, 6.45) is 0.696. The van der Waals surface area contributed by atoms with Crippen molar-refractivity contribution < 1.29 is 9.90 Å². The number of thioether (sulfide) groups is 2. The van der Waals surface area contributed by atoms with Crippen molar-refractivity contribution in [1.82, 2.24) is 5.01 Å². The molecule has 0 fully saturated rings.